The molecule has 0 fully saturated rings. The van der Waals surface area contributed by atoms with Crippen LogP contribution in [0.3, 0.4) is 0 Å². The second-order valence-corrected chi connectivity index (χ2v) is 7.45. The van der Waals surface area contributed by atoms with Crippen LogP contribution in [0.2, 0.25) is 0 Å². The summed E-state index contributed by atoms with van der Waals surface area (Å²) in [6.45, 7) is 0. The summed E-state index contributed by atoms with van der Waals surface area (Å²) in [7, 11) is 0. The Morgan fingerprint density at radius 2 is 2.00 bits per heavy atom. The molecule has 128 valence electrons. The Morgan fingerprint density at radius 3 is 2.81 bits per heavy atom. The van der Waals surface area contributed by atoms with Gasteiger partial charge in [0, 0.05) is 16.5 Å². The van der Waals surface area contributed by atoms with E-state index in [-0.39, 0.29) is 11.7 Å². The monoisotopic (exact) mass is 378 g/mol. The van der Waals surface area contributed by atoms with Gasteiger partial charge in [-0.1, -0.05) is 42.1 Å². The molecule has 0 atom stereocenters. The first-order valence-corrected chi connectivity index (χ1v) is 9.72. The van der Waals surface area contributed by atoms with Crippen molar-refractivity contribution in [1.82, 2.24) is 15.0 Å². The molecular weight excluding hydrogens is 364 g/mol. The Kier molecular flexibility index (Phi) is 4.90. The van der Waals surface area contributed by atoms with Crippen LogP contribution in [0, 0.1) is 0 Å². The van der Waals surface area contributed by atoms with Gasteiger partial charge in [-0.15, -0.1) is 11.3 Å². The highest BCUT2D eigenvalue weighted by atomic mass is 32.2. The molecule has 0 saturated heterocycles. The number of amides is 1. The van der Waals surface area contributed by atoms with E-state index in [4.69, 9.17) is 0 Å². The van der Waals surface area contributed by atoms with Crippen molar-refractivity contribution in [2.75, 3.05) is 11.1 Å². The maximum absolute atomic E-state index is 12.1. The van der Waals surface area contributed by atoms with Crippen LogP contribution in [0.5, 0.6) is 0 Å². The number of hydrogen-bond acceptors (Lipinski definition) is 6. The largest absolute Gasteiger partial charge is 0.324 e. The number of fused-ring (bicyclic) bond motifs is 1. The summed E-state index contributed by atoms with van der Waals surface area (Å²) >= 11 is 3.04. The number of anilines is 1. The van der Waals surface area contributed by atoms with Gasteiger partial charge in [0.05, 0.1) is 17.6 Å². The summed E-state index contributed by atoms with van der Waals surface area (Å²) in [4.78, 5) is 26.9. The smallest absolute Gasteiger partial charge is 0.234 e. The zero-order valence-corrected chi connectivity index (χ0v) is 15.3. The highest BCUT2D eigenvalue weighted by Crippen LogP contribution is 2.36. The lowest BCUT2D eigenvalue weighted by molar-refractivity contribution is -0.113. The van der Waals surface area contributed by atoms with E-state index < -0.39 is 0 Å². The number of pyridine rings is 1. The minimum Gasteiger partial charge on any atom is -0.324 e. The molecule has 1 aromatic carbocycles. The molecule has 1 amide bonds. The number of thioether (sulfide) groups is 1. The third-order valence-corrected chi connectivity index (χ3v) is 5.73. The van der Waals surface area contributed by atoms with Crippen molar-refractivity contribution < 1.29 is 4.79 Å². The quantitative estimate of drug-likeness (QED) is 0.409. The van der Waals surface area contributed by atoms with Crippen molar-refractivity contribution in [1.29, 1.82) is 0 Å². The van der Waals surface area contributed by atoms with E-state index in [1.165, 1.54) is 11.8 Å². The summed E-state index contributed by atoms with van der Waals surface area (Å²) in [5, 5.41) is 4.62. The highest BCUT2D eigenvalue weighted by Gasteiger charge is 2.12. The third kappa shape index (κ3) is 3.74. The Labute approximate surface area is 158 Å². The predicted molar refractivity (Wildman–Crippen MR) is 106 cm³/mol. The number of rotatable bonds is 5. The normalized spacial score (nSPS) is 10.8. The van der Waals surface area contributed by atoms with Crippen molar-refractivity contribution in [3.05, 3.63) is 67.3 Å². The van der Waals surface area contributed by atoms with Gasteiger partial charge in [0.15, 0.2) is 0 Å². The van der Waals surface area contributed by atoms with Crippen molar-refractivity contribution in [2.24, 2.45) is 0 Å². The lowest BCUT2D eigenvalue weighted by atomic mass is 10.2. The van der Waals surface area contributed by atoms with Crippen LogP contribution in [0.4, 0.5) is 5.69 Å². The first-order valence-electron chi connectivity index (χ1n) is 7.92. The molecule has 0 saturated carbocycles. The average molecular weight is 378 g/mol. The van der Waals surface area contributed by atoms with Crippen LogP contribution in [-0.2, 0) is 4.79 Å². The Morgan fingerprint density at radius 1 is 1.12 bits per heavy atom. The summed E-state index contributed by atoms with van der Waals surface area (Å²) in [5.74, 6) is 0.186. The van der Waals surface area contributed by atoms with Crippen LogP contribution in [0.25, 0.3) is 20.7 Å². The zero-order valence-electron chi connectivity index (χ0n) is 13.6. The fourth-order valence-corrected chi connectivity index (χ4v) is 4.30. The maximum Gasteiger partial charge on any atom is 0.234 e. The van der Waals surface area contributed by atoms with Gasteiger partial charge in [-0.25, -0.2) is 9.97 Å². The van der Waals surface area contributed by atoms with Crippen LogP contribution in [-0.4, -0.2) is 26.6 Å². The fraction of sp³-hybridized carbons (Fsp3) is 0.0526. The molecule has 0 aliphatic carbocycles. The number of carbonyl (C=O) groups excluding carboxylic acids is 1. The second kappa shape index (κ2) is 7.63. The fourth-order valence-electron chi connectivity index (χ4n) is 2.46. The number of benzene rings is 1. The molecule has 0 spiro atoms. The summed E-state index contributed by atoms with van der Waals surface area (Å²) in [6.07, 6.45) is 4.84. The molecule has 0 radical (unpaired) electrons. The molecule has 4 aromatic rings. The topological polar surface area (TPSA) is 67.8 Å². The Bertz CT molecular complexity index is 1040. The van der Waals surface area contributed by atoms with Crippen molar-refractivity contribution in [3.63, 3.8) is 0 Å². The van der Waals surface area contributed by atoms with Gasteiger partial charge in [0.1, 0.15) is 16.2 Å². The number of aromatic nitrogens is 3. The van der Waals surface area contributed by atoms with Gasteiger partial charge in [0.2, 0.25) is 5.91 Å². The molecule has 7 heteroatoms. The van der Waals surface area contributed by atoms with E-state index in [9.17, 15) is 4.79 Å². The molecule has 5 nitrogen and oxygen atoms in total. The van der Waals surface area contributed by atoms with E-state index in [1.54, 1.807) is 36.1 Å². The molecule has 0 unspecified atom stereocenters. The summed E-state index contributed by atoms with van der Waals surface area (Å²) in [5.41, 5.74) is 1.84. The number of thiophene rings is 1. The highest BCUT2D eigenvalue weighted by molar-refractivity contribution is 8.00. The Hall–Kier alpha value is -2.77. The Balaban J connectivity index is 1.51. The zero-order chi connectivity index (χ0) is 17.8. The molecule has 26 heavy (non-hydrogen) atoms. The van der Waals surface area contributed by atoms with E-state index in [0.29, 0.717) is 5.69 Å². The SMILES string of the molecule is O=C(CSc1ncnc2sc(-c3ccccc3)cc12)Nc1cccnc1. The van der Waals surface area contributed by atoms with Gasteiger partial charge in [-0.05, 0) is 23.8 Å². The standard InChI is InChI=1S/C19H14N4OS2/c24-17(23-14-7-4-8-20-10-14)11-25-18-15-9-16(13-5-2-1-3-6-13)26-19(15)22-12-21-18/h1-10,12H,11H2,(H,23,24). The van der Waals surface area contributed by atoms with Gasteiger partial charge >= 0.3 is 0 Å². The van der Waals surface area contributed by atoms with Gasteiger partial charge < -0.3 is 5.32 Å². The summed E-state index contributed by atoms with van der Waals surface area (Å²) < 4.78 is 0. The lowest BCUT2D eigenvalue weighted by Crippen LogP contribution is -2.14. The molecule has 0 aliphatic rings. The van der Waals surface area contributed by atoms with E-state index in [0.717, 1.165) is 25.7 Å². The summed E-state index contributed by atoms with van der Waals surface area (Å²) in [6, 6.07) is 15.9. The molecule has 4 rings (SSSR count). The van der Waals surface area contributed by atoms with Crippen LogP contribution in [0.15, 0.2) is 72.3 Å². The number of carbonyl (C=O) groups is 1. The van der Waals surface area contributed by atoms with Gasteiger partial charge in [0.25, 0.3) is 0 Å². The van der Waals surface area contributed by atoms with Gasteiger partial charge in [-0.3, -0.25) is 9.78 Å². The predicted octanol–water partition coefficient (Wildman–Crippen LogP) is 4.48. The van der Waals surface area contributed by atoms with Crippen LogP contribution < -0.4 is 5.32 Å². The number of hydrogen-bond donors (Lipinski definition) is 1. The van der Waals surface area contributed by atoms with Crippen molar-refractivity contribution >= 4 is 44.9 Å². The van der Waals surface area contributed by atoms with E-state index >= 15 is 0 Å². The molecule has 3 aromatic heterocycles. The first-order chi connectivity index (χ1) is 12.8. The van der Waals surface area contributed by atoms with Crippen LogP contribution in [0.1, 0.15) is 0 Å². The average Bonchev–Trinajstić information content (AvgIpc) is 3.13. The molecule has 1 N–H and O–H groups in total. The van der Waals surface area contributed by atoms with E-state index in [2.05, 4.69) is 38.5 Å². The first kappa shape index (κ1) is 16.7. The molecular formula is C19H14N4OS2. The number of nitrogens with one attached hydrogen (secondary N) is 1. The lowest BCUT2D eigenvalue weighted by Gasteiger charge is -2.04. The molecule has 0 aliphatic heterocycles. The van der Waals surface area contributed by atoms with Crippen LogP contribution >= 0.6 is 23.1 Å². The second-order valence-electron chi connectivity index (χ2n) is 5.45. The van der Waals surface area contributed by atoms with E-state index in [1.807, 2.05) is 24.3 Å². The van der Waals surface area contributed by atoms with Gasteiger partial charge in [-0.2, -0.15) is 0 Å². The molecule has 0 bridgehead atoms. The third-order valence-electron chi connectivity index (χ3n) is 3.64. The minimum atomic E-state index is -0.0896. The molecule has 3 heterocycles. The minimum absolute atomic E-state index is 0.0896. The maximum atomic E-state index is 12.1. The number of nitrogens with zero attached hydrogens (tertiary/aromatic N) is 3. The van der Waals surface area contributed by atoms with Crippen molar-refractivity contribution in [3.8, 4) is 10.4 Å². The van der Waals surface area contributed by atoms with Crippen molar-refractivity contribution in [2.45, 2.75) is 5.03 Å².